The first-order valence-electron chi connectivity index (χ1n) is 8.46. The van der Waals surface area contributed by atoms with Gasteiger partial charge in [-0.15, -0.1) is 0 Å². The maximum absolute atomic E-state index is 12.2. The number of hydrogen-bond donors (Lipinski definition) is 1. The van der Waals surface area contributed by atoms with Crippen molar-refractivity contribution < 1.29 is 4.79 Å². The van der Waals surface area contributed by atoms with Crippen LogP contribution in [-0.2, 0) is 24.2 Å². The van der Waals surface area contributed by atoms with Gasteiger partial charge in [0.05, 0.1) is 12.7 Å². The molecule has 1 aromatic heterocycles. The predicted octanol–water partition coefficient (Wildman–Crippen LogP) is 2.32. The second-order valence-corrected chi connectivity index (χ2v) is 5.93. The number of nitrogens with one attached hydrogen (secondary N) is 1. The lowest BCUT2D eigenvalue weighted by Crippen LogP contribution is -2.31. The van der Waals surface area contributed by atoms with Crippen molar-refractivity contribution in [2.75, 3.05) is 6.54 Å². The third kappa shape index (κ3) is 4.12. The third-order valence-corrected chi connectivity index (χ3v) is 4.20. The van der Waals surface area contributed by atoms with Crippen LogP contribution in [0.3, 0.4) is 0 Å². The largest absolute Gasteiger partial charge is 0.354 e. The average Bonchev–Trinajstić information content (AvgIpc) is 2.63. The van der Waals surface area contributed by atoms with Gasteiger partial charge in [0.15, 0.2) is 0 Å². The van der Waals surface area contributed by atoms with Gasteiger partial charge in [-0.1, -0.05) is 49.4 Å². The third-order valence-electron chi connectivity index (χ3n) is 4.20. The minimum Gasteiger partial charge on any atom is -0.354 e. The van der Waals surface area contributed by atoms with E-state index < -0.39 is 0 Å². The van der Waals surface area contributed by atoms with Crippen LogP contribution in [0, 0.1) is 0 Å². The van der Waals surface area contributed by atoms with Crippen LogP contribution < -0.4 is 10.9 Å². The summed E-state index contributed by atoms with van der Waals surface area (Å²) in [5.74, 6) is -0.0532. The summed E-state index contributed by atoms with van der Waals surface area (Å²) in [4.78, 5) is 28.3. The minimum absolute atomic E-state index is 0.0532. The maximum Gasteiger partial charge on any atom is 0.253 e. The number of amides is 1. The molecule has 0 aliphatic rings. The average molecular weight is 335 g/mol. The fourth-order valence-electron chi connectivity index (χ4n) is 2.82. The molecule has 0 radical (unpaired) electrons. The summed E-state index contributed by atoms with van der Waals surface area (Å²) >= 11 is 0. The maximum atomic E-state index is 12.2. The van der Waals surface area contributed by atoms with Gasteiger partial charge in [-0.25, -0.2) is 4.98 Å². The summed E-state index contributed by atoms with van der Waals surface area (Å²) in [5, 5.41) is 5.09. The van der Waals surface area contributed by atoms with Crippen LogP contribution in [0.1, 0.15) is 18.2 Å². The molecule has 0 saturated carbocycles. The molecular formula is C20H21N3O2. The first kappa shape index (κ1) is 16.9. The number of aryl methyl sites for hydroxylation is 1. The van der Waals surface area contributed by atoms with E-state index in [0.717, 1.165) is 28.5 Å². The Hall–Kier alpha value is -2.95. The zero-order valence-electron chi connectivity index (χ0n) is 14.2. The number of carbonyl (C=O) groups is 1. The SMILES string of the molecule is CCc1cc(=O)n(CCNC(=O)Cc2cccc3ccccc23)cn1. The van der Waals surface area contributed by atoms with Crippen molar-refractivity contribution in [1.82, 2.24) is 14.9 Å². The highest BCUT2D eigenvalue weighted by atomic mass is 16.1. The number of hydrogen-bond acceptors (Lipinski definition) is 3. The van der Waals surface area contributed by atoms with E-state index in [-0.39, 0.29) is 11.5 Å². The van der Waals surface area contributed by atoms with Gasteiger partial charge in [-0.3, -0.25) is 14.2 Å². The lowest BCUT2D eigenvalue weighted by atomic mass is 10.0. The van der Waals surface area contributed by atoms with Crippen LogP contribution in [0.2, 0.25) is 0 Å². The fraction of sp³-hybridized carbons (Fsp3) is 0.250. The summed E-state index contributed by atoms with van der Waals surface area (Å²) in [5.41, 5.74) is 1.69. The Morgan fingerprint density at radius 2 is 1.96 bits per heavy atom. The topological polar surface area (TPSA) is 64.0 Å². The van der Waals surface area contributed by atoms with E-state index in [9.17, 15) is 9.59 Å². The summed E-state index contributed by atoms with van der Waals surface area (Å²) in [6, 6.07) is 15.5. The van der Waals surface area contributed by atoms with Gasteiger partial charge in [0.2, 0.25) is 5.91 Å². The first-order valence-corrected chi connectivity index (χ1v) is 8.46. The summed E-state index contributed by atoms with van der Waals surface area (Å²) < 4.78 is 1.51. The number of rotatable bonds is 6. The van der Waals surface area contributed by atoms with E-state index in [4.69, 9.17) is 0 Å². The highest BCUT2D eigenvalue weighted by molar-refractivity contribution is 5.90. The molecule has 0 fully saturated rings. The molecule has 0 atom stereocenters. The zero-order chi connectivity index (χ0) is 17.6. The molecule has 1 amide bonds. The molecule has 0 saturated heterocycles. The van der Waals surface area contributed by atoms with Gasteiger partial charge < -0.3 is 5.32 Å². The highest BCUT2D eigenvalue weighted by Gasteiger charge is 2.07. The number of benzene rings is 2. The molecule has 25 heavy (non-hydrogen) atoms. The molecule has 0 aliphatic carbocycles. The monoisotopic (exact) mass is 335 g/mol. The Kier molecular flexibility index (Phi) is 5.23. The van der Waals surface area contributed by atoms with Crippen LogP contribution in [0.4, 0.5) is 0 Å². The molecule has 1 N–H and O–H groups in total. The minimum atomic E-state index is -0.0878. The quantitative estimate of drug-likeness (QED) is 0.752. The molecule has 5 heteroatoms. The second-order valence-electron chi connectivity index (χ2n) is 5.93. The lowest BCUT2D eigenvalue weighted by Gasteiger charge is -2.09. The van der Waals surface area contributed by atoms with Crippen LogP contribution in [0.5, 0.6) is 0 Å². The Morgan fingerprint density at radius 3 is 2.76 bits per heavy atom. The van der Waals surface area contributed by atoms with Crippen LogP contribution in [0.15, 0.2) is 59.7 Å². The van der Waals surface area contributed by atoms with E-state index in [1.54, 1.807) is 0 Å². The molecule has 3 rings (SSSR count). The summed E-state index contributed by atoms with van der Waals surface area (Å²) in [6.07, 6.45) is 2.60. The molecular weight excluding hydrogens is 314 g/mol. The summed E-state index contributed by atoms with van der Waals surface area (Å²) in [6.45, 7) is 2.77. The van der Waals surface area contributed by atoms with Crippen LogP contribution in [0.25, 0.3) is 10.8 Å². The lowest BCUT2D eigenvalue weighted by molar-refractivity contribution is -0.120. The molecule has 0 spiro atoms. The number of nitrogens with zero attached hydrogens (tertiary/aromatic N) is 2. The molecule has 0 unspecified atom stereocenters. The van der Waals surface area contributed by atoms with Crippen molar-refractivity contribution >= 4 is 16.7 Å². The number of fused-ring (bicyclic) bond motifs is 1. The fourth-order valence-corrected chi connectivity index (χ4v) is 2.82. The summed E-state index contributed by atoms with van der Waals surface area (Å²) in [7, 11) is 0. The first-order chi connectivity index (χ1) is 12.2. The standard InChI is InChI=1S/C20H21N3O2/c1-2-17-13-20(25)23(14-22-17)11-10-21-19(24)12-16-8-5-7-15-6-3-4-9-18(15)16/h3-9,13-14H,2,10-12H2,1H3,(H,21,24). The van der Waals surface area contributed by atoms with E-state index >= 15 is 0 Å². The molecule has 0 bridgehead atoms. The van der Waals surface area contributed by atoms with Crippen molar-refractivity contribution in [2.45, 2.75) is 26.3 Å². The van der Waals surface area contributed by atoms with E-state index in [1.165, 1.54) is 17.0 Å². The normalized spacial score (nSPS) is 10.8. The molecule has 128 valence electrons. The number of aromatic nitrogens is 2. The highest BCUT2D eigenvalue weighted by Crippen LogP contribution is 2.18. The van der Waals surface area contributed by atoms with Gasteiger partial charge >= 0.3 is 0 Å². The van der Waals surface area contributed by atoms with Gasteiger partial charge in [0.25, 0.3) is 5.56 Å². The van der Waals surface area contributed by atoms with Gasteiger partial charge in [0, 0.05) is 24.8 Å². The van der Waals surface area contributed by atoms with Crippen molar-refractivity contribution in [1.29, 1.82) is 0 Å². The smallest absolute Gasteiger partial charge is 0.253 e. The Labute approximate surface area is 146 Å². The number of carbonyl (C=O) groups excluding carboxylic acids is 1. The van der Waals surface area contributed by atoms with Crippen LogP contribution in [-0.4, -0.2) is 22.0 Å². The van der Waals surface area contributed by atoms with Gasteiger partial charge in [-0.05, 0) is 22.8 Å². The molecule has 2 aromatic carbocycles. The molecule has 1 heterocycles. The predicted molar refractivity (Wildman–Crippen MR) is 98.5 cm³/mol. The Balaban J connectivity index is 1.59. The second kappa shape index (κ2) is 7.75. The van der Waals surface area contributed by atoms with E-state index in [0.29, 0.717) is 19.5 Å². The van der Waals surface area contributed by atoms with Crippen LogP contribution >= 0.6 is 0 Å². The van der Waals surface area contributed by atoms with Gasteiger partial charge in [0.1, 0.15) is 0 Å². The molecule has 0 aliphatic heterocycles. The van der Waals surface area contributed by atoms with E-state index in [1.807, 2.05) is 49.4 Å². The van der Waals surface area contributed by atoms with Crippen molar-refractivity contribution in [3.05, 3.63) is 76.5 Å². The zero-order valence-corrected chi connectivity index (χ0v) is 14.2. The van der Waals surface area contributed by atoms with Crippen molar-refractivity contribution in [3.63, 3.8) is 0 Å². The van der Waals surface area contributed by atoms with Gasteiger partial charge in [-0.2, -0.15) is 0 Å². The van der Waals surface area contributed by atoms with Crippen molar-refractivity contribution in [2.24, 2.45) is 0 Å². The Morgan fingerprint density at radius 1 is 1.16 bits per heavy atom. The van der Waals surface area contributed by atoms with Crippen molar-refractivity contribution in [3.8, 4) is 0 Å². The molecule has 5 nitrogen and oxygen atoms in total. The van der Waals surface area contributed by atoms with E-state index in [2.05, 4.69) is 10.3 Å². The Bertz CT molecular complexity index is 942. The molecule has 3 aromatic rings.